The molecule has 0 bridgehead atoms. The van der Waals surface area contributed by atoms with Gasteiger partial charge in [-0.2, -0.15) is 0 Å². The van der Waals surface area contributed by atoms with Crippen molar-refractivity contribution in [1.82, 2.24) is 10.2 Å². The van der Waals surface area contributed by atoms with E-state index in [1.165, 1.54) is 24.0 Å². The Hall–Kier alpha value is -3.20. The van der Waals surface area contributed by atoms with Gasteiger partial charge in [0, 0.05) is 18.7 Å². The molecule has 0 aliphatic rings. The zero-order valence-corrected chi connectivity index (χ0v) is 20.5. The molecule has 0 saturated heterocycles. The highest BCUT2D eigenvalue weighted by Gasteiger charge is 2.30. The van der Waals surface area contributed by atoms with Crippen LogP contribution in [0, 0.1) is 6.92 Å². The van der Waals surface area contributed by atoms with Crippen molar-refractivity contribution < 1.29 is 22.8 Å². The quantitative estimate of drug-likeness (QED) is 0.534. The lowest BCUT2D eigenvalue weighted by Gasteiger charge is -2.31. The Balaban J connectivity index is 2.44. The Morgan fingerprint density at radius 2 is 1.73 bits per heavy atom. The van der Waals surface area contributed by atoms with Crippen molar-refractivity contribution in [3.05, 3.63) is 65.2 Å². The molecule has 2 rings (SSSR count). The molecule has 1 N–H and O–H groups in total. The fraction of sp³-hybridized carbons (Fsp3) is 0.375. The second-order valence-electron chi connectivity index (χ2n) is 7.89. The number of carbonyl (C=O) groups is 3. The molecule has 0 fully saturated rings. The topological polar surface area (TPSA) is 104 Å². The molecule has 8 nitrogen and oxygen atoms in total. The monoisotopic (exact) mass is 473 g/mol. The van der Waals surface area contributed by atoms with Crippen molar-refractivity contribution in [2.45, 2.75) is 40.3 Å². The number of rotatable bonds is 10. The van der Waals surface area contributed by atoms with Crippen molar-refractivity contribution in [1.29, 1.82) is 0 Å². The molecule has 0 radical (unpaired) electrons. The van der Waals surface area contributed by atoms with Crippen LogP contribution in [0.15, 0.2) is 48.5 Å². The summed E-state index contributed by atoms with van der Waals surface area (Å²) in [4.78, 5) is 39.1. The highest BCUT2D eigenvalue weighted by atomic mass is 32.2. The zero-order chi connectivity index (χ0) is 24.8. The molecular formula is C24H31N3O5S. The number of benzene rings is 2. The predicted octanol–water partition coefficient (Wildman–Crippen LogP) is 2.52. The van der Waals surface area contributed by atoms with Gasteiger partial charge in [-0.1, -0.05) is 36.4 Å². The van der Waals surface area contributed by atoms with Crippen molar-refractivity contribution in [3.63, 3.8) is 0 Å². The summed E-state index contributed by atoms with van der Waals surface area (Å²) in [6, 6.07) is 12.8. The summed E-state index contributed by atoms with van der Waals surface area (Å²) in [7, 11) is -3.85. The molecule has 33 heavy (non-hydrogen) atoms. The van der Waals surface area contributed by atoms with Crippen molar-refractivity contribution in [2.24, 2.45) is 0 Å². The lowest BCUT2D eigenvalue weighted by molar-refractivity contribution is -0.139. The summed E-state index contributed by atoms with van der Waals surface area (Å²) in [5.41, 5.74) is 2.35. The Bertz CT molecular complexity index is 1130. The third-order valence-electron chi connectivity index (χ3n) is 5.34. The third kappa shape index (κ3) is 6.89. The lowest BCUT2D eigenvalue weighted by Crippen LogP contribution is -2.51. The predicted molar refractivity (Wildman–Crippen MR) is 129 cm³/mol. The van der Waals surface area contributed by atoms with Crippen molar-refractivity contribution in [2.75, 3.05) is 23.7 Å². The standard InChI is InChI=1S/C24H31N3O5S/c1-6-25-24(30)18(3)26(15-21-11-8-7-10-17(21)2)23(29)16-27(33(5,31)32)22-13-9-12-20(14-22)19(4)28/h7-14,18H,6,15-16H2,1-5H3,(H,25,30)/t18-/m1/s1. The maximum absolute atomic E-state index is 13.4. The number of hydrogen-bond acceptors (Lipinski definition) is 5. The lowest BCUT2D eigenvalue weighted by atomic mass is 10.1. The second kappa shape index (κ2) is 11.1. The molecule has 2 amide bonds. The number of hydrogen-bond donors (Lipinski definition) is 1. The molecule has 0 aliphatic heterocycles. The van der Waals surface area contributed by atoms with Gasteiger partial charge < -0.3 is 10.2 Å². The number of ketones is 1. The Morgan fingerprint density at radius 3 is 2.30 bits per heavy atom. The minimum atomic E-state index is -3.85. The van der Waals surface area contributed by atoms with E-state index in [9.17, 15) is 22.8 Å². The Kier molecular flexibility index (Phi) is 8.76. The van der Waals surface area contributed by atoms with E-state index in [1.807, 2.05) is 31.2 Å². The van der Waals surface area contributed by atoms with Crippen LogP contribution in [0.25, 0.3) is 0 Å². The zero-order valence-electron chi connectivity index (χ0n) is 19.7. The van der Waals surface area contributed by atoms with Gasteiger partial charge in [-0.05, 0) is 51.0 Å². The number of amides is 2. The van der Waals surface area contributed by atoms with Crippen LogP contribution in [0.1, 0.15) is 42.3 Å². The second-order valence-corrected chi connectivity index (χ2v) is 9.80. The molecule has 0 aromatic heterocycles. The number of carbonyl (C=O) groups excluding carboxylic acids is 3. The summed E-state index contributed by atoms with van der Waals surface area (Å²) in [5.74, 6) is -1.08. The van der Waals surface area contributed by atoms with Crippen LogP contribution >= 0.6 is 0 Å². The first kappa shape index (κ1) is 26.1. The van der Waals surface area contributed by atoms with Gasteiger partial charge in [0.05, 0.1) is 11.9 Å². The van der Waals surface area contributed by atoms with Crippen LogP contribution in [-0.2, 0) is 26.2 Å². The van der Waals surface area contributed by atoms with Gasteiger partial charge in [0.1, 0.15) is 12.6 Å². The molecule has 2 aromatic carbocycles. The maximum atomic E-state index is 13.4. The first-order valence-electron chi connectivity index (χ1n) is 10.7. The number of nitrogens with zero attached hydrogens (tertiary/aromatic N) is 2. The SMILES string of the molecule is CCNC(=O)[C@@H](C)N(Cc1ccccc1C)C(=O)CN(c1cccc(C(C)=O)c1)S(C)(=O)=O. The summed E-state index contributed by atoms with van der Waals surface area (Å²) in [6.07, 6.45) is 1.000. The van der Waals surface area contributed by atoms with Crippen LogP contribution < -0.4 is 9.62 Å². The van der Waals surface area contributed by atoms with E-state index in [1.54, 1.807) is 26.0 Å². The number of aryl methyl sites for hydroxylation is 1. The fourth-order valence-electron chi connectivity index (χ4n) is 3.37. The van der Waals surface area contributed by atoms with Gasteiger partial charge in [-0.15, -0.1) is 0 Å². The normalized spacial score (nSPS) is 12.0. The maximum Gasteiger partial charge on any atom is 0.244 e. The van der Waals surface area contributed by atoms with E-state index in [0.717, 1.165) is 21.7 Å². The van der Waals surface area contributed by atoms with Gasteiger partial charge in [0.2, 0.25) is 21.8 Å². The minimum Gasteiger partial charge on any atom is -0.355 e. The minimum absolute atomic E-state index is 0.148. The molecule has 0 saturated carbocycles. The molecule has 0 spiro atoms. The van der Waals surface area contributed by atoms with E-state index < -0.39 is 28.5 Å². The summed E-state index contributed by atoms with van der Waals surface area (Å²) < 4.78 is 26.1. The molecular weight excluding hydrogens is 442 g/mol. The fourth-order valence-corrected chi connectivity index (χ4v) is 4.21. The summed E-state index contributed by atoms with van der Waals surface area (Å²) >= 11 is 0. The van der Waals surface area contributed by atoms with E-state index in [0.29, 0.717) is 12.1 Å². The van der Waals surface area contributed by atoms with Crippen LogP contribution in [-0.4, -0.2) is 56.3 Å². The Labute approximate surface area is 195 Å². The average Bonchev–Trinajstić information content (AvgIpc) is 2.75. The number of sulfonamides is 1. The molecule has 0 heterocycles. The smallest absolute Gasteiger partial charge is 0.244 e. The first-order valence-corrected chi connectivity index (χ1v) is 12.5. The van der Waals surface area contributed by atoms with Gasteiger partial charge in [0.25, 0.3) is 0 Å². The van der Waals surface area contributed by atoms with E-state index >= 15 is 0 Å². The van der Waals surface area contributed by atoms with E-state index in [4.69, 9.17) is 0 Å². The van der Waals surface area contributed by atoms with Crippen molar-refractivity contribution in [3.8, 4) is 0 Å². The van der Waals surface area contributed by atoms with E-state index in [-0.39, 0.29) is 23.9 Å². The molecule has 0 unspecified atom stereocenters. The van der Waals surface area contributed by atoms with Gasteiger partial charge >= 0.3 is 0 Å². The number of nitrogens with one attached hydrogen (secondary N) is 1. The molecule has 0 aliphatic carbocycles. The highest BCUT2D eigenvalue weighted by molar-refractivity contribution is 7.92. The molecule has 2 aromatic rings. The highest BCUT2D eigenvalue weighted by Crippen LogP contribution is 2.21. The Morgan fingerprint density at radius 1 is 1.06 bits per heavy atom. The summed E-state index contributed by atoms with van der Waals surface area (Å²) in [6.45, 7) is 6.74. The largest absolute Gasteiger partial charge is 0.355 e. The molecule has 9 heteroatoms. The van der Waals surface area contributed by atoms with Crippen LogP contribution in [0.3, 0.4) is 0 Å². The number of anilines is 1. The molecule has 178 valence electrons. The number of likely N-dealkylation sites (N-methyl/N-ethyl adjacent to an activating group) is 1. The first-order chi connectivity index (χ1) is 15.5. The summed E-state index contributed by atoms with van der Waals surface area (Å²) in [5, 5.41) is 2.71. The van der Waals surface area contributed by atoms with E-state index in [2.05, 4.69) is 5.32 Å². The van der Waals surface area contributed by atoms with Gasteiger partial charge in [0.15, 0.2) is 5.78 Å². The van der Waals surface area contributed by atoms with Crippen LogP contribution in [0.5, 0.6) is 0 Å². The van der Waals surface area contributed by atoms with Crippen LogP contribution in [0.4, 0.5) is 5.69 Å². The molecule has 1 atom stereocenters. The van der Waals surface area contributed by atoms with Gasteiger partial charge in [-0.3, -0.25) is 18.7 Å². The average molecular weight is 474 g/mol. The van der Waals surface area contributed by atoms with Crippen LogP contribution in [0.2, 0.25) is 0 Å². The van der Waals surface area contributed by atoms with Crippen molar-refractivity contribution >= 4 is 33.3 Å². The third-order valence-corrected chi connectivity index (χ3v) is 6.48. The number of Topliss-reactive ketones (excluding diaryl/α,β-unsaturated/α-hetero) is 1. The van der Waals surface area contributed by atoms with Gasteiger partial charge in [-0.25, -0.2) is 8.42 Å².